The highest BCUT2D eigenvalue weighted by atomic mass is 35.5. The van der Waals surface area contributed by atoms with Crippen LogP contribution in [0.15, 0.2) is 42.5 Å². The van der Waals surface area contributed by atoms with Crippen LogP contribution in [0.1, 0.15) is 0 Å². The number of methoxy groups -OCH3 is 2. The molecule has 0 bridgehead atoms. The van der Waals surface area contributed by atoms with E-state index in [1.165, 1.54) is 0 Å². The zero-order valence-corrected chi connectivity index (χ0v) is 15.9. The highest BCUT2D eigenvalue weighted by Gasteiger charge is 2.11. The fraction of sp³-hybridized carbons (Fsp3) is 0.316. The van der Waals surface area contributed by atoms with Crippen molar-refractivity contribution in [3.05, 3.63) is 47.5 Å². The van der Waals surface area contributed by atoms with Crippen molar-refractivity contribution < 1.29 is 19.0 Å². The normalized spacial score (nSPS) is 10.5. The molecule has 0 fully saturated rings. The van der Waals surface area contributed by atoms with E-state index < -0.39 is 0 Å². The lowest BCUT2D eigenvalue weighted by Gasteiger charge is -2.17. The van der Waals surface area contributed by atoms with Gasteiger partial charge in [0.05, 0.1) is 26.5 Å². The first-order chi connectivity index (χ1) is 12.5. The zero-order valence-electron chi connectivity index (χ0n) is 15.1. The fourth-order valence-electron chi connectivity index (χ4n) is 2.29. The number of benzene rings is 2. The molecule has 2 aromatic carbocycles. The maximum Gasteiger partial charge on any atom is 0.238 e. The molecule has 26 heavy (non-hydrogen) atoms. The van der Waals surface area contributed by atoms with Crippen molar-refractivity contribution in [2.75, 3.05) is 46.3 Å². The third-order valence-electron chi connectivity index (χ3n) is 3.63. The van der Waals surface area contributed by atoms with E-state index >= 15 is 0 Å². The van der Waals surface area contributed by atoms with Gasteiger partial charge in [-0.05, 0) is 37.4 Å². The first-order valence-corrected chi connectivity index (χ1v) is 8.48. The van der Waals surface area contributed by atoms with Crippen molar-refractivity contribution in [2.45, 2.75) is 0 Å². The fourth-order valence-corrected chi connectivity index (χ4v) is 2.47. The standard InChI is InChI=1S/C19H23ClN2O4/c1-22(9-10-26-16-6-4-5-14(20)11-16)13-19(23)21-17-8-7-15(24-2)12-18(17)25-3/h4-8,11-12H,9-10,13H2,1-3H3,(H,21,23). The minimum Gasteiger partial charge on any atom is -0.497 e. The van der Waals surface area contributed by atoms with Crippen LogP contribution in [0, 0.1) is 0 Å². The third-order valence-corrected chi connectivity index (χ3v) is 3.87. The Balaban J connectivity index is 1.80. The van der Waals surface area contributed by atoms with Gasteiger partial charge in [0.2, 0.25) is 5.91 Å². The molecule has 0 atom stereocenters. The summed E-state index contributed by atoms with van der Waals surface area (Å²) in [6.07, 6.45) is 0. The van der Waals surface area contributed by atoms with E-state index in [4.69, 9.17) is 25.8 Å². The summed E-state index contributed by atoms with van der Waals surface area (Å²) in [6.45, 7) is 1.28. The highest BCUT2D eigenvalue weighted by Crippen LogP contribution is 2.28. The average molecular weight is 379 g/mol. The smallest absolute Gasteiger partial charge is 0.238 e. The molecular formula is C19H23ClN2O4. The van der Waals surface area contributed by atoms with Crippen LogP contribution in [0.2, 0.25) is 5.02 Å². The van der Waals surface area contributed by atoms with E-state index in [9.17, 15) is 4.79 Å². The molecule has 0 radical (unpaired) electrons. The average Bonchev–Trinajstić information content (AvgIpc) is 2.62. The number of amides is 1. The summed E-state index contributed by atoms with van der Waals surface area (Å²) in [6, 6.07) is 12.4. The van der Waals surface area contributed by atoms with Crippen molar-refractivity contribution in [1.82, 2.24) is 4.90 Å². The quantitative estimate of drug-likeness (QED) is 0.725. The third kappa shape index (κ3) is 6.13. The Kier molecular flexibility index (Phi) is 7.56. The second kappa shape index (κ2) is 9.89. The molecule has 7 heteroatoms. The second-order valence-electron chi connectivity index (χ2n) is 5.66. The van der Waals surface area contributed by atoms with Gasteiger partial charge in [0.1, 0.15) is 23.9 Å². The molecule has 0 aliphatic rings. The molecular weight excluding hydrogens is 356 g/mol. The molecule has 0 aliphatic heterocycles. The van der Waals surface area contributed by atoms with Gasteiger partial charge in [0, 0.05) is 17.6 Å². The van der Waals surface area contributed by atoms with Crippen LogP contribution in [0.25, 0.3) is 0 Å². The predicted octanol–water partition coefficient (Wildman–Crippen LogP) is 3.31. The van der Waals surface area contributed by atoms with Gasteiger partial charge in [-0.25, -0.2) is 0 Å². The highest BCUT2D eigenvalue weighted by molar-refractivity contribution is 6.30. The number of ether oxygens (including phenoxy) is 3. The summed E-state index contributed by atoms with van der Waals surface area (Å²) in [7, 11) is 4.98. The Morgan fingerprint density at radius 3 is 2.62 bits per heavy atom. The Morgan fingerprint density at radius 2 is 1.92 bits per heavy atom. The maximum atomic E-state index is 12.2. The number of nitrogens with one attached hydrogen (secondary N) is 1. The van der Waals surface area contributed by atoms with Crippen LogP contribution in [0.3, 0.4) is 0 Å². The molecule has 0 aromatic heterocycles. The Labute approximate surface area is 158 Å². The summed E-state index contributed by atoms with van der Waals surface area (Å²) >= 11 is 5.91. The molecule has 0 saturated heterocycles. The van der Waals surface area contributed by atoms with Crippen LogP contribution in [0.4, 0.5) is 5.69 Å². The van der Waals surface area contributed by atoms with Gasteiger partial charge in [0.25, 0.3) is 0 Å². The van der Waals surface area contributed by atoms with Crippen LogP contribution in [0.5, 0.6) is 17.2 Å². The predicted molar refractivity (Wildman–Crippen MR) is 103 cm³/mol. The van der Waals surface area contributed by atoms with E-state index in [0.29, 0.717) is 41.1 Å². The van der Waals surface area contributed by atoms with E-state index in [0.717, 1.165) is 0 Å². The number of likely N-dealkylation sites (N-methyl/N-ethyl adjacent to an activating group) is 1. The number of hydrogen-bond acceptors (Lipinski definition) is 5. The summed E-state index contributed by atoms with van der Waals surface area (Å²) in [5.41, 5.74) is 0.599. The maximum absolute atomic E-state index is 12.2. The van der Waals surface area contributed by atoms with Gasteiger partial charge in [0.15, 0.2) is 0 Å². The molecule has 0 unspecified atom stereocenters. The van der Waals surface area contributed by atoms with Crippen LogP contribution in [-0.2, 0) is 4.79 Å². The van der Waals surface area contributed by atoms with E-state index in [1.54, 1.807) is 44.6 Å². The number of carbonyl (C=O) groups excluding carboxylic acids is 1. The lowest BCUT2D eigenvalue weighted by atomic mass is 10.2. The lowest BCUT2D eigenvalue weighted by Crippen LogP contribution is -2.33. The number of hydrogen-bond donors (Lipinski definition) is 1. The van der Waals surface area contributed by atoms with Gasteiger partial charge in [-0.3, -0.25) is 9.69 Å². The molecule has 0 heterocycles. The first kappa shape index (κ1) is 19.9. The minimum absolute atomic E-state index is 0.140. The summed E-state index contributed by atoms with van der Waals surface area (Å²) < 4.78 is 16.1. The van der Waals surface area contributed by atoms with Crippen LogP contribution >= 0.6 is 11.6 Å². The van der Waals surface area contributed by atoms with Crippen LogP contribution in [-0.4, -0.2) is 51.8 Å². The van der Waals surface area contributed by atoms with E-state index in [-0.39, 0.29) is 12.5 Å². The monoisotopic (exact) mass is 378 g/mol. The molecule has 0 aliphatic carbocycles. The molecule has 0 spiro atoms. The number of halogens is 1. The number of nitrogens with zero attached hydrogens (tertiary/aromatic N) is 1. The van der Waals surface area contributed by atoms with Gasteiger partial charge in [-0.15, -0.1) is 0 Å². The van der Waals surface area contributed by atoms with E-state index in [1.807, 2.05) is 24.1 Å². The molecule has 0 saturated carbocycles. The zero-order chi connectivity index (χ0) is 18.9. The van der Waals surface area contributed by atoms with Crippen molar-refractivity contribution in [1.29, 1.82) is 0 Å². The molecule has 1 N–H and O–H groups in total. The summed E-state index contributed by atoms with van der Waals surface area (Å²) in [5, 5.41) is 3.47. The lowest BCUT2D eigenvalue weighted by molar-refractivity contribution is -0.117. The Hall–Kier alpha value is -2.44. The largest absolute Gasteiger partial charge is 0.497 e. The van der Waals surface area contributed by atoms with Crippen molar-refractivity contribution in [3.63, 3.8) is 0 Å². The molecule has 2 rings (SSSR count). The van der Waals surface area contributed by atoms with Crippen molar-refractivity contribution >= 4 is 23.2 Å². The number of rotatable bonds is 9. The molecule has 6 nitrogen and oxygen atoms in total. The molecule has 140 valence electrons. The van der Waals surface area contributed by atoms with E-state index in [2.05, 4.69) is 5.32 Å². The molecule has 1 amide bonds. The minimum atomic E-state index is -0.140. The van der Waals surface area contributed by atoms with Gasteiger partial charge < -0.3 is 19.5 Å². The number of anilines is 1. The molecule has 2 aromatic rings. The number of carbonyl (C=O) groups is 1. The van der Waals surface area contributed by atoms with Crippen molar-refractivity contribution in [2.24, 2.45) is 0 Å². The first-order valence-electron chi connectivity index (χ1n) is 8.10. The van der Waals surface area contributed by atoms with Gasteiger partial charge in [-0.2, -0.15) is 0 Å². The second-order valence-corrected chi connectivity index (χ2v) is 6.09. The van der Waals surface area contributed by atoms with Crippen LogP contribution < -0.4 is 19.5 Å². The topological polar surface area (TPSA) is 60.0 Å². The Morgan fingerprint density at radius 1 is 1.12 bits per heavy atom. The van der Waals surface area contributed by atoms with Gasteiger partial charge in [-0.1, -0.05) is 17.7 Å². The Bertz CT molecular complexity index is 739. The SMILES string of the molecule is COc1ccc(NC(=O)CN(C)CCOc2cccc(Cl)c2)c(OC)c1. The summed E-state index contributed by atoms with van der Waals surface area (Å²) in [4.78, 5) is 14.1. The summed E-state index contributed by atoms with van der Waals surface area (Å²) in [5.74, 6) is 1.77. The van der Waals surface area contributed by atoms with Crippen molar-refractivity contribution in [3.8, 4) is 17.2 Å². The van der Waals surface area contributed by atoms with Gasteiger partial charge >= 0.3 is 0 Å².